The van der Waals surface area contributed by atoms with Gasteiger partial charge < -0.3 is 15.8 Å². The van der Waals surface area contributed by atoms with Crippen LogP contribution in [0.4, 0.5) is 15.8 Å². The van der Waals surface area contributed by atoms with Crippen molar-refractivity contribution in [2.45, 2.75) is 6.92 Å². The van der Waals surface area contributed by atoms with Gasteiger partial charge in [-0.3, -0.25) is 0 Å². The average molecular weight is 273 g/mol. The molecular formula is C15H16FN3O. The first-order chi connectivity index (χ1) is 9.54. The standard InChI is InChI=1S/C15H16FN3O/c1-10-6-8-11(9-7-10)19(2)13-5-3-4-12(16)14(13)15(17)18-20/h3-9,20H,1-2H3,(H2,17,18). The quantitative estimate of drug-likeness (QED) is 0.391. The van der Waals surface area contributed by atoms with Crippen LogP contribution in [0, 0.1) is 12.7 Å². The van der Waals surface area contributed by atoms with Crippen molar-refractivity contribution >= 4 is 17.2 Å². The zero-order valence-electron chi connectivity index (χ0n) is 11.3. The largest absolute Gasteiger partial charge is 0.409 e. The summed E-state index contributed by atoms with van der Waals surface area (Å²) in [4.78, 5) is 1.79. The van der Waals surface area contributed by atoms with Crippen molar-refractivity contribution in [3.8, 4) is 0 Å². The summed E-state index contributed by atoms with van der Waals surface area (Å²) in [7, 11) is 1.80. The highest BCUT2D eigenvalue weighted by Gasteiger charge is 2.16. The summed E-state index contributed by atoms with van der Waals surface area (Å²) in [6, 6.07) is 12.4. The molecule has 0 aliphatic carbocycles. The van der Waals surface area contributed by atoms with E-state index in [-0.39, 0.29) is 11.4 Å². The van der Waals surface area contributed by atoms with Crippen LogP contribution in [0.2, 0.25) is 0 Å². The number of hydrogen-bond acceptors (Lipinski definition) is 3. The molecule has 5 heteroatoms. The highest BCUT2D eigenvalue weighted by Crippen LogP contribution is 2.28. The molecule has 0 unspecified atom stereocenters. The van der Waals surface area contributed by atoms with E-state index < -0.39 is 5.82 Å². The predicted octanol–water partition coefficient (Wildman–Crippen LogP) is 3.00. The molecule has 0 spiro atoms. The maximum absolute atomic E-state index is 13.9. The Morgan fingerprint density at radius 1 is 1.20 bits per heavy atom. The van der Waals surface area contributed by atoms with Crippen molar-refractivity contribution in [2.24, 2.45) is 10.9 Å². The van der Waals surface area contributed by atoms with Gasteiger partial charge in [0.1, 0.15) is 5.82 Å². The Balaban J connectivity index is 2.52. The number of amidine groups is 1. The van der Waals surface area contributed by atoms with Crippen LogP contribution >= 0.6 is 0 Å². The Morgan fingerprint density at radius 3 is 2.45 bits per heavy atom. The maximum atomic E-state index is 13.9. The molecule has 4 nitrogen and oxygen atoms in total. The second-order valence-corrected chi connectivity index (χ2v) is 4.51. The molecule has 0 aliphatic heterocycles. The summed E-state index contributed by atoms with van der Waals surface area (Å²) >= 11 is 0. The Labute approximate surface area is 116 Å². The van der Waals surface area contributed by atoms with E-state index in [9.17, 15) is 4.39 Å². The van der Waals surface area contributed by atoms with Crippen LogP contribution in [0.3, 0.4) is 0 Å². The van der Waals surface area contributed by atoms with Gasteiger partial charge >= 0.3 is 0 Å². The number of nitrogens with two attached hydrogens (primary N) is 1. The summed E-state index contributed by atoms with van der Waals surface area (Å²) in [6.45, 7) is 1.99. The van der Waals surface area contributed by atoms with E-state index in [2.05, 4.69) is 5.16 Å². The summed E-state index contributed by atoms with van der Waals surface area (Å²) in [6.07, 6.45) is 0. The van der Waals surface area contributed by atoms with E-state index in [1.165, 1.54) is 6.07 Å². The molecule has 104 valence electrons. The second kappa shape index (κ2) is 5.61. The molecule has 0 saturated heterocycles. The Morgan fingerprint density at radius 2 is 1.85 bits per heavy atom. The lowest BCUT2D eigenvalue weighted by molar-refractivity contribution is 0.318. The molecule has 0 aliphatic rings. The van der Waals surface area contributed by atoms with E-state index in [0.717, 1.165) is 11.3 Å². The molecule has 0 bridgehead atoms. The van der Waals surface area contributed by atoms with Crippen LogP contribution in [-0.4, -0.2) is 18.1 Å². The van der Waals surface area contributed by atoms with Crippen LogP contribution in [0.15, 0.2) is 47.6 Å². The Kier molecular flexibility index (Phi) is 3.89. The summed E-state index contributed by atoms with van der Waals surface area (Å²) in [5.74, 6) is -0.783. The minimum absolute atomic E-state index is 0.0816. The van der Waals surface area contributed by atoms with Gasteiger partial charge in [-0.2, -0.15) is 0 Å². The van der Waals surface area contributed by atoms with Crippen molar-refractivity contribution in [3.05, 3.63) is 59.4 Å². The van der Waals surface area contributed by atoms with Gasteiger partial charge in [0.15, 0.2) is 5.84 Å². The lowest BCUT2D eigenvalue weighted by atomic mass is 10.1. The van der Waals surface area contributed by atoms with Crippen LogP contribution < -0.4 is 10.6 Å². The second-order valence-electron chi connectivity index (χ2n) is 4.51. The predicted molar refractivity (Wildman–Crippen MR) is 78.2 cm³/mol. The molecule has 3 N–H and O–H groups in total. The van der Waals surface area contributed by atoms with Gasteiger partial charge in [-0.1, -0.05) is 28.9 Å². The van der Waals surface area contributed by atoms with E-state index >= 15 is 0 Å². The summed E-state index contributed by atoms with van der Waals surface area (Å²) < 4.78 is 13.9. The minimum atomic E-state index is -0.531. The van der Waals surface area contributed by atoms with Crippen molar-refractivity contribution in [2.75, 3.05) is 11.9 Å². The number of nitrogens with zero attached hydrogens (tertiary/aromatic N) is 2. The lowest BCUT2D eigenvalue weighted by Gasteiger charge is -2.22. The number of anilines is 2. The first-order valence-electron chi connectivity index (χ1n) is 6.11. The van der Waals surface area contributed by atoms with Crippen molar-refractivity contribution < 1.29 is 9.60 Å². The number of rotatable bonds is 3. The van der Waals surface area contributed by atoms with Gasteiger partial charge in [-0.05, 0) is 31.2 Å². The third-order valence-electron chi connectivity index (χ3n) is 3.14. The fraction of sp³-hybridized carbons (Fsp3) is 0.133. The van der Waals surface area contributed by atoms with Crippen LogP contribution in [-0.2, 0) is 0 Å². The molecule has 2 rings (SSSR count). The number of benzene rings is 2. The molecule has 20 heavy (non-hydrogen) atoms. The SMILES string of the molecule is Cc1ccc(N(C)c2cccc(F)c2C(N)=NO)cc1. The molecule has 0 amide bonds. The van der Waals surface area contributed by atoms with E-state index in [0.29, 0.717) is 5.69 Å². The van der Waals surface area contributed by atoms with Crippen molar-refractivity contribution in [1.82, 2.24) is 0 Å². The lowest BCUT2D eigenvalue weighted by Crippen LogP contribution is -2.21. The molecule has 0 saturated carbocycles. The fourth-order valence-corrected chi connectivity index (χ4v) is 2.00. The minimum Gasteiger partial charge on any atom is -0.409 e. The molecular weight excluding hydrogens is 257 g/mol. The smallest absolute Gasteiger partial charge is 0.175 e. The third kappa shape index (κ3) is 2.56. The summed E-state index contributed by atoms with van der Waals surface area (Å²) in [5, 5.41) is 11.7. The van der Waals surface area contributed by atoms with Gasteiger partial charge in [0, 0.05) is 12.7 Å². The van der Waals surface area contributed by atoms with Gasteiger partial charge in [0.25, 0.3) is 0 Å². The number of halogens is 1. The zero-order valence-corrected chi connectivity index (χ0v) is 11.3. The molecule has 2 aromatic carbocycles. The van der Waals surface area contributed by atoms with E-state index in [4.69, 9.17) is 10.9 Å². The van der Waals surface area contributed by atoms with Gasteiger partial charge in [-0.25, -0.2) is 4.39 Å². The Hall–Kier alpha value is -2.56. The van der Waals surface area contributed by atoms with E-state index in [1.54, 1.807) is 24.1 Å². The average Bonchev–Trinajstić information content (AvgIpc) is 2.46. The highest BCUT2D eigenvalue weighted by atomic mass is 19.1. The highest BCUT2D eigenvalue weighted by molar-refractivity contribution is 6.03. The number of oxime groups is 1. The van der Waals surface area contributed by atoms with E-state index in [1.807, 2.05) is 31.2 Å². The fourth-order valence-electron chi connectivity index (χ4n) is 2.00. The molecule has 0 heterocycles. The molecule has 0 aromatic heterocycles. The normalized spacial score (nSPS) is 11.4. The third-order valence-corrected chi connectivity index (χ3v) is 3.14. The van der Waals surface area contributed by atoms with Crippen LogP contribution in [0.25, 0.3) is 0 Å². The van der Waals surface area contributed by atoms with Gasteiger partial charge in [0.05, 0.1) is 11.3 Å². The molecule has 2 aromatic rings. The maximum Gasteiger partial charge on any atom is 0.175 e. The Bertz CT molecular complexity index is 638. The van der Waals surface area contributed by atoms with Gasteiger partial charge in [-0.15, -0.1) is 0 Å². The van der Waals surface area contributed by atoms with Crippen LogP contribution in [0.1, 0.15) is 11.1 Å². The molecule has 0 atom stereocenters. The van der Waals surface area contributed by atoms with Crippen molar-refractivity contribution in [1.29, 1.82) is 0 Å². The number of hydrogen-bond donors (Lipinski definition) is 2. The van der Waals surface area contributed by atoms with Gasteiger partial charge in [0.2, 0.25) is 0 Å². The number of aryl methyl sites for hydroxylation is 1. The molecule has 0 fully saturated rings. The molecule has 0 radical (unpaired) electrons. The zero-order chi connectivity index (χ0) is 14.7. The first-order valence-corrected chi connectivity index (χ1v) is 6.11. The van der Waals surface area contributed by atoms with Crippen molar-refractivity contribution in [3.63, 3.8) is 0 Å². The monoisotopic (exact) mass is 273 g/mol. The summed E-state index contributed by atoms with van der Waals surface area (Å²) in [5.41, 5.74) is 8.20. The topological polar surface area (TPSA) is 61.8 Å². The van der Waals surface area contributed by atoms with Crippen LogP contribution in [0.5, 0.6) is 0 Å². The first kappa shape index (κ1) is 13.9.